The molecule has 1 unspecified atom stereocenters. The van der Waals surface area contributed by atoms with Gasteiger partial charge in [-0.25, -0.2) is 4.98 Å². The van der Waals surface area contributed by atoms with Crippen LogP contribution >= 0.6 is 0 Å². The van der Waals surface area contributed by atoms with Crippen LogP contribution in [0.25, 0.3) is 0 Å². The molecule has 0 N–H and O–H groups in total. The van der Waals surface area contributed by atoms with Gasteiger partial charge in [0.2, 0.25) is 0 Å². The number of imidazole rings is 1. The van der Waals surface area contributed by atoms with E-state index >= 15 is 0 Å². The van der Waals surface area contributed by atoms with Gasteiger partial charge in [-0.05, 0) is 44.0 Å². The molecule has 0 aliphatic carbocycles. The quantitative estimate of drug-likeness (QED) is 0.846. The lowest BCUT2D eigenvalue weighted by Crippen LogP contribution is -2.39. The van der Waals surface area contributed by atoms with E-state index in [2.05, 4.69) is 16.5 Å². The number of rotatable bonds is 4. The zero-order valence-corrected chi connectivity index (χ0v) is 15.1. The maximum absolute atomic E-state index is 12.8. The Hall–Kier alpha value is -2.34. The summed E-state index contributed by atoms with van der Waals surface area (Å²) in [5.41, 5.74) is 1.90. The highest BCUT2D eigenvalue weighted by molar-refractivity contribution is 5.94. The second-order valence-corrected chi connectivity index (χ2v) is 7.09. The van der Waals surface area contributed by atoms with E-state index in [-0.39, 0.29) is 12.0 Å². The number of aromatic nitrogens is 2. The highest BCUT2D eigenvalue weighted by Crippen LogP contribution is 2.25. The monoisotopic (exact) mass is 355 g/mol. The van der Waals surface area contributed by atoms with Crippen molar-refractivity contribution >= 4 is 5.91 Å². The van der Waals surface area contributed by atoms with Crippen molar-refractivity contribution in [1.29, 1.82) is 0 Å². The Bertz CT molecular complexity index is 742. The summed E-state index contributed by atoms with van der Waals surface area (Å²) in [6.45, 7) is 5.03. The Labute approximate surface area is 153 Å². The minimum absolute atomic E-state index is 0.0987. The average molecular weight is 355 g/mol. The van der Waals surface area contributed by atoms with Crippen LogP contribution < -0.4 is 4.74 Å². The number of benzene rings is 1. The fourth-order valence-electron chi connectivity index (χ4n) is 3.76. The number of carbonyl (C=O) groups excluding carboxylic acids is 1. The van der Waals surface area contributed by atoms with Crippen LogP contribution in [0.2, 0.25) is 0 Å². The van der Waals surface area contributed by atoms with Gasteiger partial charge in [-0.1, -0.05) is 0 Å². The molecule has 0 saturated carbocycles. The van der Waals surface area contributed by atoms with Crippen molar-refractivity contribution < 1.29 is 14.3 Å². The molecule has 1 atom stereocenters. The van der Waals surface area contributed by atoms with E-state index in [1.54, 1.807) is 0 Å². The maximum atomic E-state index is 12.8. The summed E-state index contributed by atoms with van der Waals surface area (Å²) in [5, 5.41) is 0. The third-order valence-corrected chi connectivity index (χ3v) is 5.30. The Morgan fingerprint density at radius 1 is 1.19 bits per heavy atom. The van der Waals surface area contributed by atoms with Gasteiger partial charge in [0, 0.05) is 43.0 Å². The summed E-state index contributed by atoms with van der Waals surface area (Å²) in [6, 6.07) is 7.92. The minimum atomic E-state index is 0.0987. The molecular formula is C20H25N3O3. The van der Waals surface area contributed by atoms with Crippen molar-refractivity contribution in [3.8, 4) is 5.75 Å². The second kappa shape index (κ2) is 7.50. The predicted molar refractivity (Wildman–Crippen MR) is 97.4 cm³/mol. The highest BCUT2D eigenvalue weighted by atomic mass is 16.5. The maximum Gasteiger partial charge on any atom is 0.253 e. The lowest BCUT2D eigenvalue weighted by molar-refractivity contribution is 0.0694. The van der Waals surface area contributed by atoms with E-state index < -0.39 is 0 Å². The molecule has 2 aliphatic rings. The van der Waals surface area contributed by atoms with Crippen LogP contribution in [0.1, 0.15) is 41.4 Å². The average Bonchev–Trinajstić information content (AvgIpc) is 3.34. The molecule has 2 aliphatic heterocycles. The first-order valence-corrected chi connectivity index (χ1v) is 9.33. The number of ether oxygens (including phenoxy) is 2. The van der Waals surface area contributed by atoms with Crippen LogP contribution in [0, 0.1) is 6.92 Å². The van der Waals surface area contributed by atoms with Gasteiger partial charge in [0.1, 0.15) is 11.9 Å². The molecule has 138 valence electrons. The van der Waals surface area contributed by atoms with Gasteiger partial charge < -0.3 is 18.9 Å². The van der Waals surface area contributed by atoms with Gasteiger partial charge in [-0.2, -0.15) is 0 Å². The third kappa shape index (κ3) is 3.60. The SMILES string of the molecule is Cc1cncn1C1CCN(C(=O)c2ccc(OC3CCOC3)cc2)CC1. The van der Waals surface area contributed by atoms with Gasteiger partial charge in [0.15, 0.2) is 0 Å². The fraction of sp³-hybridized carbons (Fsp3) is 0.500. The summed E-state index contributed by atoms with van der Waals surface area (Å²) in [7, 11) is 0. The Morgan fingerprint density at radius 2 is 1.96 bits per heavy atom. The number of likely N-dealkylation sites (tertiary alicyclic amines) is 1. The molecule has 6 nitrogen and oxygen atoms in total. The van der Waals surface area contributed by atoms with E-state index in [4.69, 9.17) is 9.47 Å². The number of aryl methyl sites for hydroxylation is 1. The summed E-state index contributed by atoms with van der Waals surface area (Å²) < 4.78 is 13.4. The number of amides is 1. The second-order valence-electron chi connectivity index (χ2n) is 7.09. The summed E-state index contributed by atoms with van der Waals surface area (Å²) in [6.07, 6.45) is 6.76. The number of hydrogen-bond donors (Lipinski definition) is 0. The van der Waals surface area contributed by atoms with Crippen molar-refractivity contribution in [2.45, 2.75) is 38.3 Å². The molecular weight excluding hydrogens is 330 g/mol. The first kappa shape index (κ1) is 17.1. The highest BCUT2D eigenvalue weighted by Gasteiger charge is 2.25. The molecule has 0 bridgehead atoms. The minimum Gasteiger partial charge on any atom is -0.488 e. The normalized spacial score (nSPS) is 21.1. The molecule has 1 aromatic heterocycles. The van der Waals surface area contributed by atoms with Gasteiger partial charge in [0.05, 0.1) is 19.5 Å². The third-order valence-electron chi connectivity index (χ3n) is 5.30. The zero-order chi connectivity index (χ0) is 17.9. The Kier molecular flexibility index (Phi) is 4.93. The lowest BCUT2D eigenvalue weighted by Gasteiger charge is -2.33. The smallest absolute Gasteiger partial charge is 0.253 e. The fourth-order valence-corrected chi connectivity index (χ4v) is 3.76. The molecule has 0 radical (unpaired) electrons. The van der Waals surface area contributed by atoms with Crippen LogP contribution in [0.5, 0.6) is 5.75 Å². The van der Waals surface area contributed by atoms with Crippen molar-refractivity contribution in [1.82, 2.24) is 14.5 Å². The summed E-state index contributed by atoms with van der Waals surface area (Å²) in [5.74, 6) is 0.896. The van der Waals surface area contributed by atoms with Gasteiger partial charge in [0.25, 0.3) is 5.91 Å². The number of nitrogens with zero attached hydrogens (tertiary/aromatic N) is 3. The van der Waals surface area contributed by atoms with E-state index in [0.29, 0.717) is 12.6 Å². The summed E-state index contributed by atoms with van der Waals surface area (Å²) in [4.78, 5) is 18.9. The molecule has 2 saturated heterocycles. The zero-order valence-electron chi connectivity index (χ0n) is 15.1. The molecule has 2 fully saturated rings. The standard InChI is InChI=1S/C20H25N3O3/c1-15-12-21-14-23(15)17-6-9-22(10-7-17)20(24)16-2-4-18(5-3-16)26-19-8-11-25-13-19/h2-5,12,14,17,19H,6-11,13H2,1H3. The van der Waals surface area contributed by atoms with Crippen LogP contribution in [-0.2, 0) is 4.74 Å². The number of piperidine rings is 1. The lowest BCUT2D eigenvalue weighted by atomic mass is 10.0. The van der Waals surface area contributed by atoms with E-state index in [9.17, 15) is 4.79 Å². The van der Waals surface area contributed by atoms with Gasteiger partial charge >= 0.3 is 0 Å². The molecule has 0 spiro atoms. The number of hydrogen-bond acceptors (Lipinski definition) is 4. The van der Waals surface area contributed by atoms with Crippen LogP contribution in [0.4, 0.5) is 0 Å². The van der Waals surface area contributed by atoms with Crippen LogP contribution in [-0.4, -0.2) is 52.8 Å². The Balaban J connectivity index is 1.33. The topological polar surface area (TPSA) is 56.6 Å². The van der Waals surface area contributed by atoms with E-state index in [0.717, 1.165) is 50.3 Å². The van der Waals surface area contributed by atoms with Gasteiger partial charge in [-0.3, -0.25) is 4.79 Å². The van der Waals surface area contributed by atoms with Crippen LogP contribution in [0.15, 0.2) is 36.8 Å². The van der Waals surface area contributed by atoms with Crippen molar-refractivity contribution in [2.24, 2.45) is 0 Å². The predicted octanol–water partition coefficient (Wildman–Crippen LogP) is 2.84. The molecule has 3 heterocycles. The molecule has 1 amide bonds. The van der Waals surface area contributed by atoms with Crippen molar-refractivity contribution in [3.05, 3.63) is 48.0 Å². The van der Waals surface area contributed by atoms with Gasteiger partial charge in [-0.15, -0.1) is 0 Å². The van der Waals surface area contributed by atoms with E-state index in [1.807, 2.05) is 41.7 Å². The largest absolute Gasteiger partial charge is 0.488 e. The first-order chi connectivity index (χ1) is 12.7. The molecule has 4 rings (SSSR count). The Morgan fingerprint density at radius 3 is 2.58 bits per heavy atom. The first-order valence-electron chi connectivity index (χ1n) is 9.33. The molecule has 1 aromatic carbocycles. The number of carbonyl (C=O) groups is 1. The molecule has 6 heteroatoms. The molecule has 2 aromatic rings. The molecule has 26 heavy (non-hydrogen) atoms. The van der Waals surface area contributed by atoms with Crippen molar-refractivity contribution in [3.63, 3.8) is 0 Å². The van der Waals surface area contributed by atoms with Crippen molar-refractivity contribution in [2.75, 3.05) is 26.3 Å². The van der Waals surface area contributed by atoms with Crippen LogP contribution in [0.3, 0.4) is 0 Å². The van der Waals surface area contributed by atoms with E-state index in [1.165, 1.54) is 5.69 Å². The summed E-state index contributed by atoms with van der Waals surface area (Å²) >= 11 is 0.